The molecular formula is C4H6NO. The van der Waals surface area contributed by atoms with Gasteiger partial charge in [-0.25, -0.2) is 0 Å². The first-order valence-corrected chi connectivity index (χ1v) is 2.00. The summed E-state index contributed by atoms with van der Waals surface area (Å²) in [5.41, 5.74) is 0. The number of hydrogen-bond acceptors (Lipinski definition) is 1. The van der Waals surface area contributed by atoms with Crippen LogP contribution >= 0.6 is 0 Å². The smallest absolute Gasteiger partial charge is 0.220 e. The van der Waals surface area contributed by atoms with Crippen molar-refractivity contribution in [3.8, 4) is 0 Å². The van der Waals surface area contributed by atoms with Crippen LogP contribution in [0.15, 0.2) is 0 Å². The van der Waals surface area contributed by atoms with E-state index in [0.717, 1.165) is 6.42 Å². The third-order valence-electron chi connectivity index (χ3n) is 0.779. The zero-order valence-corrected chi connectivity index (χ0v) is 3.40. The first kappa shape index (κ1) is 3.65. The molecule has 0 aliphatic carbocycles. The summed E-state index contributed by atoms with van der Waals surface area (Å²) in [5, 5.41) is 2.56. The van der Waals surface area contributed by atoms with Crippen LogP contribution in [-0.2, 0) is 4.79 Å². The maximum atomic E-state index is 10.1. The molecule has 2 heteroatoms. The molecule has 0 aromatic carbocycles. The highest BCUT2D eigenvalue weighted by Gasteiger charge is 2.06. The quantitative estimate of drug-likeness (QED) is 0.441. The van der Waals surface area contributed by atoms with Crippen LogP contribution in [0.25, 0.3) is 0 Å². The van der Waals surface area contributed by atoms with Crippen LogP contribution in [0.2, 0.25) is 0 Å². The average molecular weight is 84.1 g/mol. The average Bonchev–Trinajstić information content (AvgIpc) is 1.86. The first-order chi connectivity index (χ1) is 2.89. The highest BCUT2D eigenvalue weighted by atomic mass is 16.1. The van der Waals surface area contributed by atoms with Crippen LogP contribution in [0, 0.1) is 6.54 Å². The van der Waals surface area contributed by atoms with Crippen LogP contribution < -0.4 is 5.32 Å². The van der Waals surface area contributed by atoms with Crippen molar-refractivity contribution in [2.75, 3.05) is 0 Å². The van der Waals surface area contributed by atoms with E-state index in [1.165, 1.54) is 0 Å². The molecule has 1 amide bonds. The van der Waals surface area contributed by atoms with Gasteiger partial charge in [0, 0.05) is 13.0 Å². The number of rotatable bonds is 0. The lowest BCUT2D eigenvalue weighted by Gasteiger charge is -1.79. The van der Waals surface area contributed by atoms with Crippen LogP contribution in [0.3, 0.4) is 0 Å². The second kappa shape index (κ2) is 1.29. The van der Waals surface area contributed by atoms with E-state index in [2.05, 4.69) is 5.32 Å². The molecule has 1 rings (SSSR count). The van der Waals surface area contributed by atoms with Crippen LogP contribution in [0.4, 0.5) is 0 Å². The fourth-order valence-electron chi connectivity index (χ4n) is 0.461. The van der Waals surface area contributed by atoms with E-state index in [1.54, 1.807) is 6.54 Å². The Morgan fingerprint density at radius 2 is 2.67 bits per heavy atom. The van der Waals surface area contributed by atoms with Gasteiger partial charge in [-0.2, -0.15) is 0 Å². The molecule has 1 aliphatic rings. The largest absolute Gasteiger partial charge is 0.351 e. The van der Waals surface area contributed by atoms with Gasteiger partial charge in [-0.15, -0.1) is 0 Å². The van der Waals surface area contributed by atoms with Gasteiger partial charge in [0.05, 0.1) is 0 Å². The molecule has 1 saturated heterocycles. The summed E-state index contributed by atoms with van der Waals surface area (Å²) in [4.78, 5) is 10.1. The lowest BCUT2D eigenvalue weighted by molar-refractivity contribution is -0.118. The van der Waals surface area contributed by atoms with Crippen molar-refractivity contribution in [2.45, 2.75) is 12.8 Å². The highest BCUT2D eigenvalue weighted by molar-refractivity contribution is 5.78. The lowest BCUT2D eigenvalue weighted by Crippen LogP contribution is -2.08. The summed E-state index contributed by atoms with van der Waals surface area (Å²) in [6.45, 7) is 1.78. The van der Waals surface area contributed by atoms with Gasteiger partial charge in [0.2, 0.25) is 5.91 Å². The van der Waals surface area contributed by atoms with Crippen molar-refractivity contribution < 1.29 is 4.79 Å². The number of nitrogens with one attached hydrogen (secondary N) is 1. The molecule has 6 heavy (non-hydrogen) atoms. The SMILES string of the molecule is O=C1CC[CH]N1. The Balaban J connectivity index is 2.37. The van der Waals surface area contributed by atoms with Gasteiger partial charge in [-0.1, -0.05) is 0 Å². The number of amides is 1. The minimum atomic E-state index is 0.148. The molecule has 1 fully saturated rings. The second-order valence-electron chi connectivity index (χ2n) is 1.31. The van der Waals surface area contributed by atoms with Gasteiger partial charge in [-0.3, -0.25) is 4.79 Å². The van der Waals surface area contributed by atoms with E-state index in [4.69, 9.17) is 0 Å². The summed E-state index contributed by atoms with van der Waals surface area (Å²) < 4.78 is 0. The second-order valence-corrected chi connectivity index (χ2v) is 1.31. The summed E-state index contributed by atoms with van der Waals surface area (Å²) in [7, 11) is 0. The van der Waals surface area contributed by atoms with E-state index in [9.17, 15) is 4.79 Å². The summed E-state index contributed by atoms with van der Waals surface area (Å²) in [6.07, 6.45) is 1.58. The van der Waals surface area contributed by atoms with Crippen LogP contribution in [0.1, 0.15) is 12.8 Å². The number of carbonyl (C=O) groups excluding carboxylic acids is 1. The minimum absolute atomic E-state index is 0.148. The zero-order valence-electron chi connectivity index (χ0n) is 3.40. The number of carbonyl (C=O) groups is 1. The van der Waals surface area contributed by atoms with Gasteiger partial charge < -0.3 is 5.32 Å². The zero-order chi connectivity index (χ0) is 4.41. The van der Waals surface area contributed by atoms with Crippen LogP contribution in [0.5, 0.6) is 0 Å². The van der Waals surface area contributed by atoms with E-state index in [1.807, 2.05) is 0 Å². The molecule has 1 radical (unpaired) electrons. The molecular weight excluding hydrogens is 78.0 g/mol. The topological polar surface area (TPSA) is 29.1 Å². The lowest BCUT2D eigenvalue weighted by atomic mass is 10.4. The minimum Gasteiger partial charge on any atom is -0.351 e. The predicted octanol–water partition coefficient (Wildman–Crippen LogP) is 0.0582. The van der Waals surface area contributed by atoms with Crippen molar-refractivity contribution >= 4 is 5.91 Å². The van der Waals surface area contributed by atoms with Gasteiger partial charge in [0.15, 0.2) is 0 Å². The molecule has 33 valence electrons. The summed E-state index contributed by atoms with van der Waals surface area (Å²) in [5.74, 6) is 0.148. The normalized spacial score (nSPS) is 21.0. The van der Waals surface area contributed by atoms with Crippen molar-refractivity contribution in [3.05, 3.63) is 6.54 Å². The Hall–Kier alpha value is -0.530. The summed E-state index contributed by atoms with van der Waals surface area (Å²) >= 11 is 0. The molecule has 2 nitrogen and oxygen atoms in total. The Bertz CT molecular complexity index is 61.9. The van der Waals surface area contributed by atoms with E-state index in [0.29, 0.717) is 6.42 Å². The van der Waals surface area contributed by atoms with Gasteiger partial charge in [-0.05, 0) is 6.42 Å². The molecule has 0 atom stereocenters. The fourth-order valence-corrected chi connectivity index (χ4v) is 0.461. The van der Waals surface area contributed by atoms with Crippen molar-refractivity contribution in [2.24, 2.45) is 0 Å². The monoisotopic (exact) mass is 84.0 g/mol. The third kappa shape index (κ3) is 0.506. The van der Waals surface area contributed by atoms with Gasteiger partial charge in [0.1, 0.15) is 0 Å². The number of hydrogen-bond donors (Lipinski definition) is 1. The molecule has 0 bridgehead atoms. The Labute approximate surface area is 36.5 Å². The van der Waals surface area contributed by atoms with Gasteiger partial charge in [0.25, 0.3) is 0 Å². The van der Waals surface area contributed by atoms with E-state index >= 15 is 0 Å². The highest BCUT2D eigenvalue weighted by Crippen LogP contribution is 1.98. The fraction of sp³-hybridized carbons (Fsp3) is 0.500. The first-order valence-electron chi connectivity index (χ1n) is 2.00. The van der Waals surface area contributed by atoms with Crippen molar-refractivity contribution in [1.29, 1.82) is 0 Å². The maximum absolute atomic E-state index is 10.1. The van der Waals surface area contributed by atoms with Crippen LogP contribution in [-0.4, -0.2) is 5.91 Å². The standard InChI is InChI=1S/C4H6NO/c6-4-2-1-3-5-4/h3H,1-2H2,(H,5,6). The van der Waals surface area contributed by atoms with E-state index in [-0.39, 0.29) is 5.91 Å². The predicted molar refractivity (Wildman–Crippen MR) is 21.7 cm³/mol. The third-order valence-corrected chi connectivity index (χ3v) is 0.779. The molecule has 0 aromatic rings. The van der Waals surface area contributed by atoms with Crippen molar-refractivity contribution in [3.63, 3.8) is 0 Å². The Kier molecular flexibility index (Phi) is 0.783. The van der Waals surface area contributed by atoms with Crippen molar-refractivity contribution in [1.82, 2.24) is 5.32 Å². The Morgan fingerprint density at radius 3 is 2.83 bits per heavy atom. The molecule has 1 N–H and O–H groups in total. The van der Waals surface area contributed by atoms with Gasteiger partial charge >= 0.3 is 0 Å². The molecule has 0 aromatic heterocycles. The molecule has 1 aliphatic heterocycles. The molecule has 1 heterocycles. The Morgan fingerprint density at radius 1 is 1.83 bits per heavy atom. The molecule has 0 spiro atoms. The van der Waals surface area contributed by atoms with E-state index < -0.39 is 0 Å². The molecule has 0 saturated carbocycles. The maximum Gasteiger partial charge on any atom is 0.220 e. The molecule has 0 unspecified atom stereocenters. The summed E-state index contributed by atoms with van der Waals surface area (Å²) in [6, 6.07) is 0.